The summed E-state index contributed by atoms with van der Waals surface area (Å²) in [5.74, 6) is 0.392. The zero-order chi connectivity index (χ0) is 21.0. The third-order valence-electron chi connectivity index (χ3n) is 4.30. The molecule has 0 saturated carbocycles. The molecule has 0 aliphatic rings. The molecule has 0 spiro atoms. The molecule has 0 unspecified atom stereocenters. The zero-order valence-corrected chi connectivity index (χ0v) is 18.2. The number of carbonyl (C=O) groups is 2. The molecule has 1 N–H and O–H groups in total. The molecular formula is C20H22N4O3S2. The first-order valence-corrected chi connectivity index (χ1v) is 10.9. The minimum Gasteiger partial charge on any atom is -0.462 e. The molecule has 3 aromatic heterocycles. The third-order valence-corrected chi connectivity index (χ3v) is 6.13. The Morgan fingerprint density at radius 1 is 1.38 bits per heavy atom. The fraction of sp³-hybridized carbons (Fsp3) is 0.300. The monoisotopic (exact) mass is 430 g/mol. The maximum Gasteiger partial charge on any atom is 0.340 e. The largest absolute Gasteiger partial charge is 0.462 e. The smallest absolute Gasteiger partial charge is 0.340 e. The number of thioether (sulfide) groups is 1. The van der Waals surface area contributed by atoms with E-state index in [9.17, 15) is 9.59 Å². The van der Waals surface area contributed by atoms with E-state index in [1.54, 1.807) is 38.2 Å². The van der Waals surface area contributed by atoms with Crippen LogP contribution in [0, 0.1) is 13.8 Å². The van der Waals surface area contributed by atoms with Crippen molar-refractivity contribution in [3.63, 3.8) is 0 Å². The van der Waals surface area contributed by atoms with Gasteiger partial charge in [0, 0.05) is 12.2 Å². The Morgan fingerprint density at radius 3 is 2.83 bits per heavy atom. The van der Waals surface area contributed by atoms with Gasteiger partial charge in [-0.15, -0.1) is 28.1 Å². The van der Waals surface area contributed by atoms with E-state index in [2.05, 4.69) is 21.8 Å². The lowest BCUT2D eigenvalue weighted by Gasteiger charge is -2.06. The molecule has 0 aliphatic heterocycles. The lowest BCUT2D eigenvalue weighted by molar-refractivity contribution is 0.0525. The van der Waals surface area contributed by atoms with Gasteiger partial charge < -0.3 is 9.72 Å². The number of carbonyl (C=O) groups excluding carboxylic acids is 2. The van der Waals surface area contributed by atoms with Gasteiger partial charge in [-0.25, -0.2) is 4.79 Å². The molecule has 0 fully saturated rings. The molecule has 0 aromatic carbocycles. The standard InChI is InChI=1S/C20H22N4O3S2/c1-5-9-24-18(15-8-7-10-28-15)22-23-20(24)29-11-14(25)17-12(3)16(13(4)21-17)19(26)27-6-2/h5,7-8,10,21H,1,6,9,11H2,2-4H3. The first-order chi connectivity index (χ1) is 14.0. The van der Waals surface area contributed by atoms with E-state index < -0.39 is 5.97 Å². The molecule has 29 heavy (non-hydrogen) atoms. The Labute approximate surface area is 177 Å². The van der Waals surface area contributed by atoms with Gasteiger partial charge in [0.1, 0.15) is 0 Å². The molecule has 152 valence electrons. The molecule has 7 nitrogen and oxygen atoms in total. The minimum absolute atomic E-state index is 0.114. The average molecular weight is 431 g/mol. The fourth-order valence-corrected chi connectivity index (χ4v) is 4.56. The number of H-pyrrole nitrogens is 1. The van der Waals surface area contributed by atoms with Crippen LogP contribution in [0.15, 0.2) is 35.3 Å². The molecule has 3 rings (SSSR count). The number of hydrogen-bond acceptors (Lipinski definition) is 7. The van der Waals surface area contributed by atoms with Gasteiger partial charge in [0.05, 0.1) is 28.5 Å². The number of allylic oxidation sites excluding steroid dienone is 1. The van der Waals surface area contributed by atoms with Crippen LogP contribution >= 0.6 is 23.1 Å². The van der Waals surface area contributed by atoms with Gasteiger partial charge >= 0.3 is 5.97 Å². The van der Waals surface area contributed by atoms with Crippen LogP contribution in [-0.4, -0.2) is 43.9 Å². The van der Waals surface area contributed by atoms with Crippen molar-refractivity contribution in [2.24, 2.45) is 0 Å². The van der Waals surface area contributed by atoms with Crippen molar-refractivity contribution in [2.75, 3.05) is 12.4 Å². The normalized spacial score (nSPS) is 10.9. The summed E-state index contributed by atoms with van der Waals surface area (Å²) in [6.45, 7) is 9.90. The van der Waals surface area contributed by atoms with Crippen molar-refractivity contribution >= 4 is 34.9 Å². The summed E-state index contributed by atoms with van der Waals surface area (Å²) in [6, 6.07) is 3.94. The Balaban J connectivity index is 1.79. The summed E-state index contributed by atoms with van der Waals surface area (Å²) in [6.07, 6.45) is 1.77. The number of aryl methyl sites for hydroxylation is 1. The van der Waals surface area contributed by atoms with Crippen LogP contribution in [0.1, 0.15) is 39.0 Å². The number of ether oxygens (including phenoxy) is 1. The quantitative estimate of drug-likeness (QED) is 0.236. The second-order valence-corrected chi connectivity index (χ2v) is 8.13. The van der Waals surface area contributed by atoms with E-state index in [0.717, 1.165) is 10.7 Å². The van der Waals surface area contributed by atoms with Crippen LogP contribution in [-0.2, 0) is 11.3 Å². The lowest BCUT2D eigenvalue weighted by Crippen LogP contribution is -2.09. The highest BCUT2D eigenvalue weighted by atomic mass is 32.2. The SMILES string of the molecule is C=CCn1c(SCC(=O)c2[nH]c(C)c(C(=O)OCC)c2C)nnc1-c1cccs1. The average Bonchev–Trinajstić information content (AvgIpc) is 3.40. The summed E-state index contributed by atoms with van der Waals surface area (Å²) >= 11 is 2.89. The lowest BCUT2D eigenvalue weighted by atomic mass is 10.1. The highest BCUT2D eigenvalue weighted by Gasteiger charge is 2.23. The van der Waals surface area contributed by atoms with Crippen molar-refractivity contribution < 1.29 is 14.3 Å². The number of nitrogens with zero attached hydrogens (tertiary/aromatic N) is 3. The van der Waals surface area contributed by atoms with Gasteiger partial charge in [-0.3, -0.25) is 9.36 Å². The maximum absolute atomic E-state index is 12.8. The van der Waals surface area contributed by atoms with E-state index >= 15 is 0 Å². The molecule has 0 saturated heterocycles. The molecule has 0 bridgehead atoms. The van der Waals surface area contributed by atoms with Gasteiger partial charge in [0.2, 0.25) is 0 Å². The molecular weight excluding hydrogens is 408 g/mol. The van der Waals surface area contributed by atoms with Crippen molar-refractivity contribution in [2.45, 2.75) is 32.5 Å². The molecule has 0 amide bonds. The van der Waals surface area contributed by atoms with Crippen LogP contribution in [0.2, 0.25) is 0 Å². The predicted molar refractivity (Wildman–Crippen MR) is 115 cm³/mol. The Hall–Kier alpha value is -2.65. The Morgan fingerprint density at radius 2 is 2.17 bits per heavy atom. The fourth-order valence-electron chi connectivity index (χ4n) is 3.02. The van der Waals surface area contributed by atoms with Gasteiger partial charge in [0.15, 0.2) is 16.8 Å². The first-order valence-electron chi connectivity index (χ1n) is 9.08. The van der Waals surface area contributed by atoms with Gasteiger partial charge in [-0.2, -0.15) is 0 Å². The second-order valence-electron chi connectivity index (χ2n) is 6.24. The maximum atomic E-state index is 12.8. The summed E-state index contributed by atoms with van der Waals surface area (Å²) in [5.41, 5.74) is 2.09. The Bertz CT molecular complexity index is 1030. The highest BCUT2D eigenvalue weighted by Crippen LogP contribution is 2.28. The van der Waals surface area contributed by atoms with Crippen molar-refractivity contribution in [3.05, 3.63) is 52.7 Å². The van der Waals surface area contributed by atoms with E-state index in [1.807, 2.05) is 22.1 Å². The van der Waals surface area contributed by atoms with Crippen LogP contribution in [0.3, 0.4) is 0 Å². The van der Waals surface area contributed by atoms with Gasteiger partial charge in [0.25, 0.3) is 0 Å². The third kappa shape index (κ3) is 4.35. The second kappa shape index (κ2) is 9.23. The molecule has 0 aliphatic carbocycles. The van der Waals surface area contributed by atoms with E-state index in [-0.39, 0.29) is 18.1 Å². The Kier molecular flexibility index (Phi) is 6.71. The molecule has 3 heterocycles. The number of ketones is 1. The number of esters is 1. The van der Waals surface area contributed by atoms with Crippen LogP contribution in [0.25, 0.3) is 10.7 Å². The molecule has 9 heteroatoms. The number of aromatic amines is 1. The number of aromatic nitrogens is 4. The van der Waals surface area contributed by atoms with Crippen molar-refractivity contribution in [1.29, 1.82) is 0 Å². The van der Waals surface area contributed by atoms with E-state index in [1.165, 1.54) is 11.8 Å². The topological polar surface area (TPSA) is 89.9 Å². The number of nitrogens with one attached hydrogen (secondary N) is 1. The molecule has 0 atom stereocenters. The first kappa shape index (κ1) is 21.1. The van der Waals surface area contributed by atoms with Gasteiger partial charge in [-0.1, -0.05) is 23.9 Å². The van der Waals surface area contributed by atoms with Crippen LogP contribution in [0.5, 0.6) is 0 Å². The number of Topliss-reactive ketones (excluding diaryl/α,β-unsaturated/α-hetero) is 1. The molecule has 3 aromatic rings. The summed E-state index contributed by atoms with van der Waals surface area (Å²) in [5, 5.41) is 11.2. The number of hydrogen-bond donors (Lipinski definition) is 1. The van der Waals surface area contributed by atoms with E-state index in [4.69, 9.17) is 4.74 Å². The summed E-state index contributed by atoms with van der Waals surface area (Å²) in [4.78, 5) is 29.0. The summed E-state index contributed by atoms with van der Waals surface area (Å²) in [7, 11) is 0. The molecule has 0 radical (unpaired) electrons. The predicted octanol–water partition coefficient (Wildman–Crippen LogP) is 4.29. The van der Waals surface area contributed by atoms with Crippen molar-refractivity contribution in [3.8, 4) is 10.7 Å². The highest BCUT2D eigenvalue weighted by molar-refractivity contribution is 7.99. The van der Waals surface area contributed by atoms with Gasteiger partial charge in [-0.05, 0) is 37.8 Å². The minimum atomic E-state index is -0.420. The van der Waals surface area contributed by atoms with Crippen LogP contribution < -0.4 is 0 Å². The van der Waals surface area contributed by atoms with Crippen molar-refractivity contribution in [1.82, 2.24) is 19.7 Å². The zero-order valence-electron chi connectivity index (χ0n) is 16.5. The number of rotatable bonds is 9. The summed E-state index contributed by atoms with van der Waals surface area (Å²) < 4.78 is 7.03. The van der Waals surface area contributed by atoms with E-state index in [0.29, 0.717) is 34.2 Å². The van der Waals surface area contributed by atoms with Crippen LogP contribution in [0.4, 0.5) is 0 Å². The number of thiophene rings is 1.